The molecule has 0 spiro atoms. The molecule has 3 aromatic carbocycles. The maximum atomic E-state index is 14.0. The van der Waals surface area contributed by atoms with Crippen LogP contribution >= 0.6 is 11.6 Å². The van der Waals surface area contributed by atoms with Gasteiger partial charge in [-0.3, -0.25) is 4.99 Å². The molecule has 42 heavy (non-hydrogen) atoms. The Hall–Kier alpha value is -3.71. The summed E-state index contributed by atoms with van der Waals surface area (Å²) in [5, 5.41) is 11.7. The number of nitrogens with one attached hydrogen (secondary N) is 4. The third-order valence-corrected chi connectivity index (χ3v) is 6.61. The number of guanidine groups is 1. The fraction of sp³-hybridized carbons (Fsp3) is 0.321. The van der Waals surface area contributed by atoms with Gasteiger partial charge in [0.1, 0.15) is 11.3 Å². The summed E-state index contributed by atoms with van der Waals surface area (Å²) in [4.78, 5) is 6.58. The number of aliphatic imine (C=N–C) groups is 1. The van der Waals surface area contributed by atoms with Gasteiger partial charge in [-0.05, 0) is 37.1 Å². The van der Waals surface area contributed by atoms with Gasteiger partial charge in [0.15, 0.2) is 41.1 Å². The van der Waals surface area contributed by atoms with Crippen LogP contribution in [0.25, 0.3) is 0 Å². The number of rotatable bonds is 11. The van der Waals surface area contributed by atoms with Crippen molar-refractivity contribution in [3.8, 4) is 0 Å². The topological polar surface area (TPSA) is 63.7 Å². The first kappa shape index (κ1) is 31.2. The molecule has 0 radical (unpaired) electrons. The van der Waals surface area contributed by atoms with Crippen LogP contribution in [-0.2, 0) is 6.18 Å². The molecule has 1 heterocycles. The van der Waals surface area contributed by atoms with Crippen LogP contribution in [0.5, 0.6) is 0 Å². The normalized spacial score (nSPS) is 18.0. The lowest BCUT2D eigenvalue weighted by molar-refractivity contribution is -0.143. The summed E-state index contributed by atoms with van der Waals surface area (Å²) in [7, 11) is 0. The van der Waals surface area contributed by atoms with Gasteiger partial charge in [0.25, 0.3) is 0 Å². The monoisotopic (exact) mass is 616 g/mol. The zero-order chi connectivity index (χ0) is 30.3. The summed E-state index contributed by atoms with van der Waals surface area (Å²) < 4.78 is 93.7. The van der Waals surface area contributed by atoms with Crippen molar-refractivity contribution in [3.05, 3.63) is 89.5 Å². The van der Waals surface area contributed by atoms with Crippen molar-refractivity contribution in [2.24, 2.45) is 4.99 Å². The van der Waals surface area contributed by atoms with Crippen molar-refractivity contribution in [2.45, 2.75) is 43.8 Å². The fourth-order valence-electron chi connectivity index (χ4n) is 4.40. The fourth-order valence-corrected chi connectivity index (χ4v) is 4.62. The molecule has 0 saturated carbocycles. The summed E-state index contributed by atoms with van der Waals surface area (Å²) in [6.45, 7) is 0.320. The molecule has 226 valence electrons. The first-order valence-corrected chi connectivity index (χ1v) is 13.6. The standard InChI is InChI=1S/C28H28ClF7N6/c29-25-39-26(41-27(40-25)42(17-11-5-3-6-12-17)18-13-7-4-8-14-18)38-16-10-2-1-9-15-37-24-22(32)20(30)19(28(34,35)36)21(31)23(24)33/h3-8,11-14,25,27,37,40H,1-2,9-10,15-16H2,(H2,38,39,41). The molecule has 0 bridgehead atoms. The molecular formula is C28H28ClF7N6. The lowest BCUT2D eigenvalue weighted by Crippen LogP contribution is -2.68. The first-order chi connectivity index (χ1) is 20.1. The second kappa shape index (κ2) is 14.0. The Balaban J connectivity index is 1.27. The Kier molecular flexibility index (Phi) is 10.4. The predicted octanol–water partition coefficient (Wildman–Crippen LogP) is 7.02. The maximum Gasteiger partial charge on any atom is 0.422 e. The van der Waals surface area contributed by atoms with Gasteiger partial charge in [-0.15, -0.1) is 0 Å². The SMILES string of the molecule is Fc1c(F)c(C(F)(F)F)c(F)c(F)c1NCCCCCCN=C1NC(Cl)NC(N(c2ccccc2)c2ccccc2)N1. The van der Waals surface area contributed by atoms with Crippen LogP contribution in [0.15, 0.2) is 65.7 Å². The second-order valence-electron chi connectivity index (χ2n) is 9.34. The smallest absolute Gasteiger partial charge is 0.380 e. The number of nitrogens with zero attached hydrogens (tertiary/aromatic N) is 2. The van der Waals surface area contributed by atoms with Gasteiger partial charge in [0.05, 0.1) is 0 Å². The molecule has 1 saturated heterocycles. The number of hydrogen-bond acceptors (Lipinski definition) is 4. The largest absolute Gasteiger partial charge is 0.422 e. The third-order valence-electron chi connectivity index (χ3n) is 6.37. The van der Waals surface area contributed by atoms with Gasteiger partial charge in [-0.1, -0.05) is 60.8 Å². The molecule has 1 aliphatic rings. The van der Waals surface area contributed by atoms with E-state index in [0.29, 0.717) is 38.2 Å². The van der Waals surface area contributed by atoms with E-state index in [2.05, 4.69) is 26.3 Å². The van der Waals surface area contributed by atoms with Gasteiger partial charge in [-0.2, -0.15) is 13.2 Å². The zero-order valence-corrected chi connectivity index (χ0v) is 22.8. The molecule has 4 rings (SSSR count). The lowest BCUT2D eigenvalue weighted by atomic mass is 10.1. The van der Waals surface area contributed by atoms with Crippen LogP contribution in [0.3, 0.4) is 0 Å². The zero-order valence-electron chi connectivity index (χ0n) is 22.1. The summed E-state index contributed by atoms with van der Waals surface area (Å²) in [5.41, 5.74) is -2.63. The minimum Gasteiger partial charge on any atom is -0.380 e. The average Bonchev–Trinajstić information content (AvgIpc) is 2.95. The lowest BCUT2D eigenvalue weighted by Gasteiger charge is -2.40. The minimum absolute atomic E-state index is 0.105. The number of halogens is 8. The third kappa shape index (κ3) is 7.57. The van der Waals surface area contributed by atoms with Crippen molar-refractivity contribution < 1.29 is 30.7 Å². The second-order valence-corrected chi connectivity index (χ2v) is 9.77. The van der Waals surface area contributed by atoms with Gasteiger partial charge in [0, 0.05) is 24.5 Å². The van der Waals surface area contributed by atoms with Gasteiger partial charge in [0.2, 0.25) is 0 Å². The van der Waals surface area contributed by atoms with Crippen LogP contribution in [-0.4, -0.2) is 31.0 Å². The van der Waals surface area contributed by atoms with E-state index in [0.717, 1.165) is 11.4 Å². The molecular weight excluding hydrogens is 589 g/mol. The van der Waals surface area contributed by atoms with E-state index < -0.39 is 52.6 Å². The number of anilines is 3. The molecule has 2 unspecified atom stereocenters. The van der Waals surface area contributed by atoms with E-state index in [4.69, 9.17) is 11.6 Å². The van der Waals surface area contributed by atoms with E-state index in [9.17, 15) is 30.7 Å². The summed E-state index contributed by atoms with van der Waals surface area (Å²) in [5.74, 6) is -8.73. The highest BCUT2D eigenvalue weighted by Gasteiger charge is 2.42. The molecule has 0 aliphatic carbocycles. The van der Waals surface area contributed by atoms with E-state index in [1.54, 1.807) is 0 Å². The molecule has 1 fully saturated rings. The van der Waals surface area contributed by atoms with E-state index in [1.165, 1.54) is 0 Å². The predicted molar refractivity (Wildman–Crippen MR) is 148 cm³/mol. The van der Waals surface area contributed by atoms with Crippen LogP contribution < -0.4 is 26.2 Å². The van der Waals surface area contributed by atoms with Gasteiger partial charge >= 0.3 is 6.18 Å². The van der Waals surface area contributed by atoms with Crippen LogP contribution in [0, 0.1) is 23.3 Å². The number of benzene rings is 3. The van der Waals surface area contributed by atoms with E-state index in [-0.39, 0.29) is 6.54 Å². The minimum atomic E-state index is -5.58. The average molecular weight is 617 g/mol. The van der Waals surface area contributed by atoms with Crippen molar-refractivity contribution in [1.82, 2.24) is 16.0 Å². The van der Waals surface area contributed by atoms with Crippen LogP contribution in [0.4, 0.5) is 47.8 Å². The van der Waals surface area contributed by atoms with Crippen molar-refractivity contribution in [3.63, 3.8) is 0 Å². The molecule has 1 aliphatic heterocycles. The highest BCUT2D eigenvalue weighted by molar-refractivity contribution is 6.21. The van der Waals surface area contributed by atoms with Crippen molar-refractivity contribution >= 4 is 34.6 Å². The van der Waals surface area contributed by atoms with Crippen molar-refractivity contribution in [1.29, 1.82) is 0 Å². The molecule has 3 aromatic rings. The Bertz CT molecular complexity index is 1290. The first-order valence-electron chi connectivity index (χ1n) is 13.1. The van der Waals surface area contributed by atoms with Gasteiger partial charge in [-0.25, -0.2) is 22.9 Å². The van der Waals surface area contributed by atoms with Crippen LogP contribution in [0.2, 0.25) is 0 Å². The van der Waals surface area contributed by atoms with E-state index in [1.807, 2.05) is 65.6 Å². The highest BCUT2D eigenvalue weighted by atomic mass is 35.5. The molecule has 0 aromatic heterocycles. The quantitative estimate of drug-likeness (QED) is 0.0614. The Morgan fingerprint density at radius 3 is 1.86 bits per heavy atom. The van der Waals surface area contributed by atoms with Gasteiger partial charge < -0.3 is 20.9 Å². The number of para-hydroxylation sites is 2. The summed E-state index contributed by atoms with van der Waals surface area (Å²) >= 11 is 6.41. The number of hydrogen-bond donors (Lipinski definition) is 4. The molecule has 6 nitrogen and oxygen atoms in total. The molecule has 4 N–H and O–H groups in total. The Morgan fingerprint density at radius 1 is 0.762 bits per heavy atom. The molecule has 2 atom stereocenters. The van der Waals surface area contributed by atoms with Crippen molar-refractivity contribution in [2.75, 3.05) is 23.3 Å². The van der Waals surface area contributed by atoms with E-state index >= 15 is 0 Å². The van der Waals surface area contributed by atoms with Crippen LogP contribution in [0.1, 0.15) is 31.2 Å². The highest BCUT2D eigenvalue weighted by Crippen LogP contribution is 2.38. The molecule has 14 heteroatoms. The Morgan fingerprint density at radius 2 is 1.31 bits per heavy atom. The molecule has 0 amide bonds. The summed E-state index contributed by atoms with van der Waals surface area (Å²) in [6, 6.07) is 19.5. The summed E-state index contributed by atoms with van der Waals surface area (Å²) in [6.07, 6.45) is -3.80. The number of unbranched alkanes of at least 4 members (excludes halogenated alkanes) is 3. The Labute approximate surface area is 243 Å². The maximum absolute atomic E-state index is 14.0. The number of alkyl halides is 4.